The number of furan rings is 1. The number of carbonyl (C=O) groups is 1. The number of rotatable bonds is 5. The van der Waals surface area contributed by atoms with Crippen LogP contribution in [0.2, 0.25) is 0 Å². The molecule has 1 atom stereocenters. The first kappa shape index (κ1) is 13.2. The third kappa shape index (κ3) is 2.56. The smallest absolute Gasteiger partial charge is 0.223 e. The number of methoxy groups -OCH3 is 1. The minimum absolute atomic E-state index is 0.134. The van der Waals surface area contributed by atoms with Crippen molar-refractivity contribution in [3.05, 3.63) is 36.1 Å². The van der Waals surface area contributed by atoms with E-state index in [2.05, 4.69) is 5.32 Å². The zero-order valence-electron chi connectivity index (χ0n) is 11.6. The van der Waals surface area contributed by atoms with Crippen LogP contribution in [-0.2, 0) is 9.53 Å². The molecule has 1 aliphatic carbocycles. The summed E-state index contributed by atoms with van der Waals surface area (Å²) in [6.07, 6.45) is 2.93. The topological polar surface area (TPSA) is 51.5 Å². The SMILES string of the molecule is CO[C@@H](CNC(=O)C1CCC1)c1cc2ccccc2o1. The zero-order valence-corrected chi connectivity index (χ0v) is 11.6. The van der Waals surface area contributed by atoms with Crippen molar-refractivity contribution in [1.29, 1.82) is 0 Å². The number of para-hydroxylation sites is 1. The number of benzene rings is 1. The minimum atomic E-state index is -0.244. The molecule has 20 heavy (non-hydrogen) atoms. The van der Waals surface area contributed by atoms with Gasteiger partial charge in [-0.3, -0.25) is 4.79 Å². The predicted molar refractivity (Wildman–Crippen MR) is 76.3 cm³/mol. The number of amides is 1. The summed E-state index contributed by atoms with van der Waals surface area (Å²) in [7, 11) is 1.63. The Labute approximate surface area is 118 Å². The molecule has 1 N–H and O–H groups in total. The predicted octanol–water partition coefficient (Wildman–Crippen LogP) is 3.04. The van der Waals surface area contributed by atoms with Crippen molar-refractivity contribution in [2.45, 2.75) is 25.4 Å². The first-order valence-electron chi connectivity index (χ1n) is 7.07. The summed E-state index contributed by atoms with van der Waals surface area (Å²) in [4.78, 5) is 11.9. The molecule has 1 saturated carbocycles. The van der Waals surface area contributed by atoms with Crippen LogP contribution in [0.3, 0.4) is 0 Å². The van der Waals surface area contributed by atoms with Crippen LogP contribution in [0.15, 0.2) is 34.7 Å². The van der Waals surface area contributed by atoms with Crippen molar-refractivity contribution in [3.8, 4) is 0 Å². The molecule has 0 radical (unpaired) electrons. The van der Waals surface area contributed by atoms with Crippen LogP contribution in [0, 0.1) is 5.92 Å². The van der Waals surface area contributed by atoms with E-state index in [1.165, 1.54) is 0 Å². The van der Waals surface area contributed by atoms with Gasteiger partial charge in [0.25, 0.3) is 0 Å². The maximum absolute atomic E-state index is 11.9. The second-order valence-corrected chi connectivity index (χ2v) is 5.28. The Morgan fingerprint density at radius 3 is 2.90 bits per heavy atom. The van der Waals surface area contributed by atoms with E-state index in [-0.39, 0.29) is 17.9 Å². The van der Waals surface area contributed by atoms with Gasteiger partial charge in [0.05, 0.1) is 6.54 Å². The molecular weight excluding hydrogens is 254 g/mol. The summed E-state index contributed by atoms with van der Waals surface area (Å²) in [6, 6.07) is 9.82. The van der Waals surface area contributed by atoms with E-state index in [1.54, 1.807) is 7.11 Å². The zero-order chi connectivity index (χ0) is 13.9. The fourth-order valence-electron chi connectivity index (χ4n) is 2.47. The lowest BCUT2D eigenvalue weighted by molar-refractivity contribution is -0.128. The molecule has 0 unspecified atom stereocenters. The van der Waals surface area contributed by atoms with Crippen LogP contribution in [0.1, 0.15) is 31.1 Å². The molecule has 1 fully saturated rings. The highest BCUT2D eigenvalue weighted by Crippen LogP contribution is 2.27. The second-order valence-electron chi connectivity index (χ2n) is 5.28. The molecule has 0 spiro atoms. The van der Waals surface area contributed by atoms with Crippen molar-refractivity contribution >= 4 is 16.9 Å². The molecule has 0 aliphatic heterocycles. The number of nitrogens with one attached hydrogen (secondary N) is 1. The summed E-state index contributed by atoms with van der Waals surface area (Å²) >= 11 is 0. The van der Waals surface area contributed by atoms with Crippen LogP contribution >= 0.6 is 0 Å². The Bertz CT molecular complexity index is 568. The Balaban J connectivity index is 1.67. The van der Waals surface area contributed by atoms with E-state index in [4.69, 9.17) is 9.15 Å². The van der Waals surface area contributed by atoms with Crippen LogP contribution < -0.4 is 5.32 Å². The summed E-state index contributed by atoms with van der Waals surface area (Å²) in [5.74, 6) is 1.08. The number of hydrogen-bond acceptors (Lipinski definition) is 3. The van der Waals surface area contributed by atoms with Gasteiger partial charge >= 0.3 is 0 Å². The van der Waals surface area contributed by atoms with Crippen molar-refractivity contribution < 1.29 is 13.9 Å². The van der Waals surface area contributed by atoms with Gasteiger partial charge in [-0.05, 0) is 25.0 Å². The lowest BCUT2D eigenvalue weighted by Crippen LogP contribution is -2.37. The Morgan fingerprint density at radius 2 is 2.25 bits per heavy atom. The van der Waals surface area contributed by atoms with E-state index < -0.39 is 0 Å². The number of carbonyl (C=O) groups excluding carboxylic acids is 1. The molecule has 1 heterocycles. The van der Waals surface area contributed by atoms with Crippen LogP contribution in [0.25, 0.3) is 11.0 Å². The molecular formula is C16H19NO3. The van der Waals surface area contributed by atoms with Crippen molar-refractivity contribution in [1.82, 2.24) is 5.32 Å². The van der Waals surface area contributed by atoms with E-state index in [0.29, 0.717) is 6.54 Å². The third-order valence-electron chi connectivity index (χ3n) is 3.98. The van der Waals surface area contributed by atoms with Crippen molar-refractivity contribution in [2.75, 3.05) is 13.7 Å². The molecule has 0 saturated heterocycles. The van der Waals surface area contributed by atoms with E-state index >= 15 is 0 Å². The Kier molecular flexibility index (Phi) is 3.74. The molecule has 3 rings (SSSR count). The van der Waals surface area contributed by atoms with Crippen molar-refractivity contribution in [3.63, 3.8) is 0 Å². The van der Waals surface area contributed by atoms with Gasteiger partial charge in [0.15, 0.2) is 0 Å². The van der Waals surface area contributed by atoms with E-state index in [9.17, 15) is 4.79 Å². The largest absolute Gasteiger partial charge is 0.458 e. The summed E-state index contributed by atoms with van der Waals surface area (Å²) in [6.45, 7) is 0.450. The normalized spacial score (nSPS) is 16.9. The van der Waals surface area contributed by atoms with Gasteiger partial charge < -0.3 is 14.5 Å². The Morgan fingerprint density at radius 1 is 1.45 bits per heavy atom. The van der Waals surface area contributed by atoms with E-state index in [1.807, 2.05) is 30.3 Å². The highest BCUT2D eigenvalue weighted by molar-refractivity contribution is 5.79. The van der Waals surface area contributed by atoms with Gasteiger partial charge in [0.1, 0.15) is 17.4 Å². The highest BCUT2D eigenvalue weighted by Gasteiger charge is 2.26. The molecule has 1 aliphatic rings. The second kappa shape index (κ2) is 5.67. The summed E-state index contributed by atoms with van der Waals surface area (Å²) < 4.78 is 11.2. The highest BCUT2D eigenvalue weighted by atomic mass is 16.5. The maximum Gasteiger partial charge on any atom is 0.223 e. The van der Waals surface area contributed by atoms with Gasteiger partial charge in [-0.2, -0.15) is 0 Å². The lowest BCUT2D eigenvalue weighted by Gasteiger charge is -2.25. The van der Waals surface area contributed by atoms with Gasteiger partial charge in [-0.25, -0.2) is 0 Å². The fraction of sp³-hybridized carbons (Fsp3) is 0.438. The Hall–Kier alpha value is -1.81. The molecule has 106 valence electrons. The number of fused-ring (bicyclic) bond motifs is 1. The third-order valence-corrected chi connectivity index (χ3v) is 3.98. The molecule has 1 aromatic carbocycles. The van der Waals surface area contributed by atoms with Gasteiger partial charge in [-0.1, -0.05) is 24.6 Å². The average Bonchev–Trinajstić information content (AvgIpc) is 2.81. The molecule has 4 nitrogen and oxygen atoms in total. The minimum Gasteiger partial charge on any atom is -0.458 e. The average molecular weight is 273 g/mol. The standard InChI is InChI=1S/C16H19NO3/c1-19-15(10-17-16(18)11-6-4-7-11)14-9-12-5-2-3-8-13(12)20-14/h2-3,5,8-9,11,15H,4,6-7,10H2,1H3,(H,17,18)/t15-/m0/s1. The molecule has 2 aromatic rings. The quantitative estimate of drug-likeness (QED) is 0.911. The molecule has 0 bridgehead atoms. The van der Waals surface area contributed by atoms with Gasteiger partial charge in [0.2, 0.25) is 5.91 Å². The van der Waals surface area contributed by atoms with Gasteiger partial charge in [0, 0.05) is 18.4 Å². The lowest BCUT2D eigenvalue weighted by atomic mass is 9.85. The first-order chi connectivity index (χ1) is 9.78. The fourth-order valence-corrected chi connectivity index (χ4v) is 2.47. The maximum atomic E-state index is 11.9. The van der Waals surface area contributed by atoms with E-state index in [0.717, 1.165) is 36.0 Å². The summed E-state index contributed by atoms with van der Waals surface area (Å²) in [5, 5.41) is 4.01. The first-order valence-corrected chi connectivity index (χ1v) is 7.07. The monoisotopic (exact) mass is 273 g/mol. The van der Waals surface area contributed by atoms with Crippen LogP contribution in [0.5, 0.6) is 0 Å². The van der Waals surface area contributed by atoms with Crippen LogP contribution in [-0.4, -0.2) is 19.6 Å². The molecule has 1 amide bonds. The number of hydrogen-bond donors (Lipinski definition) is 1. The van der Waals surface area contributed by atoms with Crippen LogP contribution in [0.4, 0.5) is 0 Å². The van der Waals surface area contributed by atoms with Gasteiger partial charge in [-0.15, -0.1) is 0 Å². The molecule has 1 aromatic heterocycles. The molecule has 4 heteroatoms. The van der Waals surface area contributed by atoms with Crippen molar-refractivity contribution in [2.24, 2.45) is 5.92 Å². The summed E-state index contributed by atoms with van der Waals surface area (Å²) in [5.41, 5.74) is 0.842. The number of ether oxygens (including phenoxy) is 1.